The molecular weight excluding hydrogens is 524 g/mol. The topological polar surface area (TPSA) is 69.2 Å². The number of hydrazone groups is 1. The summed E-state index contributed by atoms with van der Waals surface area (Å²) in [5.41, 5.74) is 6.95. The molecule has 6 nitrogen and oxygen atoms in total. The van der Waals surface area contributed by atoms with Gasteiger partial charge in [0.05, 0.1) is 13.3 Å². The van der Waals surface area contributed by atoms with Gasteiger partial charge in [0.15, 0.2) is 11.5 Å². The van der Waals surface area contributed by atoms with Gasteiger partial charge < -0.3 is 14.2 Å². The molecule has 0 heterocycles. The van der Waals surface area contributed by atoms with Crippen molar-refractivity contribution >= 4 is 23.7 Å². The van der Waals surface area contributed by atoms with Gasteiger partial charge in [0.1, 0.15) is 19.0 Å². The molecule has 0 spiro atoms. The summed E-state index contributed by atoms with van der Waals surface area (Å²) in [6, 6.07) is 28.5. The van der Waals surface area contributed by atoms with Gasteiger partial charge in [-0.2, -0.15) is 5.10 Å². The number of unbranched alkanes of at least 4 members (excludes halogenated alkanes) is 1. The Balaban J connectivity index is 1.37. The molecule has 7 heteroatoms. The minimum atomic E-state index is -0.288. The Morgan fingerprint density at radius 1 is 0.825 bits per heavy atom. The summed E-state index contributed by atoms with van der Waals surface area (Å²) < 4.78 is 17.6. The van der Waals surface area contributed by atoms with Crippen LogP contribution in [0.5, 0.6) is 17.2 Å². The molecule has 0 saturated heterocycles. The number of aryl methyl sites for hydroxylation is 1. The molecule has 0 unspecified atom stereocenters. The highest BCUT2D eigenvalue weighted by molar-refractivity contribution is 6.30. The van der Waals surface area contributed by atoms with E-state index in [9.17, 15) is 4.79 Å². The third-order valence-corrected chi connectivity index (χ3v) is 6.47. The fourth-order valence-electron chi connectivity index (χ4n) is 4.00. The summed E-state index contributed by atoms with van der Waals surface area (Å²) in [7, 11) is 1.61. The van der Waals surface area contributed by atoms with Gasteiger partial charge in [-0.1, -0.05) is 73.5 Å². The average molecular weight is 557 g/mol. The maximum Gasteiger partial charge on any atom is 0.271 e. The summed E-state index contributed by atoms with van der Waals surface area (Å²) in [6.07, 6.45) is 4.79. The van der Waals surface area contributed by atoms with Crippen LogP contribution in [0.15, 0.2) is 96.1 Å². The van der Waals surface area contributed by atoms with E-state index in [1.54, 1.807) is 25.3 Å². The number of hydrogen-bond donors (Lipinski definition) is 1. The van der Waals surface area contributed by atoms with Crippen LogP contribution in [0.25, 0.3) is 0 Å². The Bertz CT molecular complexity index is 1420. The summed E-state index contributed by atoms with van der Waals surface area (Å²) in [4.78, 5) is 12.5. The molecule has 1 amide bonds. The van der Waals surface area contributed by atoms with Crippen molar-refractivity contribution in [2.45, 2.75) is 39.4 Å². The molecule has 0 radical (unpaired) electrons. The highest BCUT2D eigenvalue weighted by Crippen LogP contribution is 2.30. The number of methoxy groups -OCH3 is 1. The van der Waals surface area contributed by atoms with E-state index in [0.717, 1.165) is 30.4 Å². The number of nitrogens with zero attached hydrogens (tertiary/aromatic N) is 1. The van der Waals surface area contributed by atoms with Gasteiger partial charge in [-0.25, -0.2) is 5.43 Å². The van der Waals surface area contributed by atoms with Crippen molar-refractivity contribution in [1.82, 2.24) is 5.43 Å². The van der Waals surface area contributed by atoms with Crippen molar-refractivity contribution in [3.63, 3.8) is 0 Å². The van der Waals surface area contributed by atoms with Crippen molar-refractivity contribution < 1.29 is 19.0 Å². The number of benzene rings is 4. The summed E-state index contributed by atoms with van der Waals surface area (Å²) in [5.74, 6) is 1.56. The summed E-state index contributed by atoms with van der Waals surface area (Å²) in [6.45, 7) is 2.89. The van der Waals surface area contributed by atoms with Crippen LogP contribution in [0, 0.1) is 0 Å². The number of nitrogens with one attached hydrogen (secondary N) is 1. The second-order valence-corrected chi connectivity index (χ2v) is 9.67. The van der Waals surface area contributed by atoms with Gasteiger partial charge >= 0.3 is 0 Å². The van der Waals surface area contributed by atoms with E-state index in [2.05, 4.69) is 17.5 Å². The standard InChI is InChI=1S/C33H33ClN2O4/c1-3-4-8-24-11-14-27(15-12-24)33(37)36-35-21-28-20-29(34)16-18-30(28)39-23-26-13-17-31(32(19-26)38-2)40-22-25-9-6-5-7-10-25/h5-7,9-21H,3-4,8,22-23H2,1-2H3,(H,36,37)/b35-21+. The maximum atomic E-state index is 12.5. The van der Waals surface area contributed by atoms with Gasteiger partial charge in [-0.15, -0.1) is 0 Å². The molecule has 4 rings (SSSR count). The average Bonchev–Trinajstić information content (AvgIpc) is 2.99. The maximum absolute atomic E-state index is 12.5. The number of halogens is 1. The zero-order valence-electron chi connectivity index (χ0n) is 22.7. The molecule has 0 aliphatic rings. The minimum absolute atomic E-state index is 0.286. The van der Waals surface area contributed by atoms with E-state index >= 15 is 0 Å². The smallest absolute Gasteiger partial charge is 0.271 e. The highest BCUT2D eigenvalue weighted by Gasteiger charge is 2.09. The van der Waals surface area contributed by atoms with Crippen LogP contribution >= 0.6 is 11.6 Å². The van der Waals surface area contributed by atoms with Gasteiger partial charge in [0, 0.05) is 16.1 Å². The Labute approximate surface area is 240 Å². The minimum Gasteiger partial charge on any atom is -0.493 e. The fourth-order valence-corrected chi connectivity index (χ4v) is 4.18. The monoisotopic (exact) mass is 556 g/mol. The van der Waals surface area contributed by atoms with E-state index < -0.39 is 0 Å². The molecule has 4 aromatic carbocycles. The molecule has 0 aliphatic carbocycles. The molecule has 0 bridgehead atoms. The van der Waals surface area contributed by atoms with Crippen molar-refractivity contribution in [3.05, 3.63) is 124 Å². The van der Waals surface area contributed by atoms with Gasteiger partial charge in [0.25, 0.3) is 5.91 Å². The Kier molecular flexibility index (Phi) is 10.6. The lowest BCUT2D eigenvalue weighted by Gasteiger charge is -2.14. The van der Waals surface area contributed by atoms with E-state index in [4.69, 9.17) is 25.8 Å². The number of carbonyl (C=O) groups is 1. The van der Waals surface area contributed by atoms with Crippen molar-refractivity contribution in [3.8, 4) is 17.2 Å². The third-order valence-electron chi connectivity index (χ3n) is 6.24. The zero-order valence-corrected chi connectivity index (χ0v) is 23.5. The lowest BCUT2D eigenvalue weighted by molar-refractivity contribution is 0.0955. The largest absolute Gasteiger partial charge is 0.493 e. The highest BCUT2D eigenvalue weighted by atomic mass is 35.5. The Hall–Kier alpha value is -4.29. The van der Waals surface area contributed by atoms with Crippen LogP contribution in [-0.4, -0.2) is 19.2 Å². The second kappa shape index (κ2) is 14.8. The van der Waals surface area contributed by atoms with Crippen LogP contribution in [0.1, 0.15) is 52.4 Å². The predicted octanol–water partition coefficient (Wildman–Crippen LogP) is 7.61. The Morgan fingerprint density at radius 2 is 1.52 bits per heavy atom. The first kappa shape index (κ1) is 28.7. The first-order valence-electron chi connectivity index (χ1n) is 13.2. The Morgan fingerprint density at radius 3 is 2.27 bits per heavy atom. The van der Waals surface area contributed by atoms with E-state index in [1.165, 1.54) is 11.8 Å². The fraction of sp³-hybridized carbons (Fsp3) is 0.212. The molecule has 0 aromatic heterocycles. The van der Waals surface area contributed by atoms with Gasteiger partial charge in [-0.3, -0.25) is 4.79 Å². The number of carbonyl (C=O) groups excluding carboxylic acids is 1. The summed E-state index contributed by atoms with van der Waals surface area (Å²) in [5, 5.41) is 4.66. The lowest BCUT2D eigenvalue weighted by Crippen LogP contribution is -2.17. The molecule has 1 N–H and O–H groups in total. The molecule has 40 heavy (non-hydrogen) atoms. The quantitative estimate of drug-likeness (QED) is 0.136. The molecular formula is C33H33ClN2O4. The molecule has 0 saturated carbocycles. The van der Waals surface area contributed by atoms with Gasteiger partial charge in [0.2, 0.25) is 0 Å². The first-order chi connectivity index (χ1) is 19.6. The van der Waals surface area contributed by atoms with Crippen molar-refractivity contribution in [1.29, 1.82) is 0 Å². The summed E-state index contributed by atoms with van der Waals surface area (Å²) >= 11 is 6.22. The predicted molar refractivity (Wildman–Crippen MR) is 160 cm³/mol. The number of hydrogen-bond acceptors (Lipinski definition) is 5. The van der Waals surface area contributed by atoms with E-state index in [0.29, 0.717) is 40.0 Å². The zero-order chi connectivity index (χ0) is 28.2. The number of amides is 1. The van der Waals surface area contributed by atoms with Crippen LogP contribution in [0.2, 0.25) is 5.02 Å². The molecule has 0 fully saturated rings. The van der Waals surface area contributed by atoms with Gasteiger partial charge in [-0.05, 0) is 72.0 Å². The third kappa shape index (κ3) is 8.35. The first-order valence-corrected chi connectivity index (χ1v) is 13.6. The molecule has 0 aliphatic heterocycles. The molecule has 206 valence electrons. The number of rotatable bonds is 13. The molecule has 0 atom stereocenters. The van der Waals surface area contributed by atoms with Crippen LogP contribution in [0.3, 0.4) is 0 Å². The number of ether oxygens (including phenoxy) is 3. The van der Waals surface area contributed by atoms with Crippen LogP contribution < -0.4 is 19.6 Å². The van der Waals surface area contributed by atoms with Crippen LogP contribution in [-0.2, 0) is 19.6 Å². The second-order valence-electron chi connectivity index (χ2n) is 9.23. The molecule has 4 aromatic rings. The normalized spacial score (nSPS) is 10.9. The van der Waals surface area contributed by atoms with E-state index in [1.807, 2.05) is 72.8 Å². The van der Waals surface area contributed by atoms with Crippen molar-refractivity contribution in [2.75, 3.05) is 7.11 Å². The lowest BCUT2D eigenvalue weighted by atomic mass is 10.1. The SMILES string of the molecule is CCCCc1ccc(C(=O)N/N=C/c2cc(Cl)ccc2OCc2ccc(OCc3ccccc3)c(OC)c2)cc1. The van der Waals surface area contributed by atoms with Crippen molar-refractivity contribution in [2.24, 2.45) is 5.10 Å². The van der Waals surface area contributed by atoms with E-state index in [-0.39, 0.29) is 12.5 Å². The van der Waals surface area contributed by atoms with Crippen LogP contribution in [0.4, 0.5) is 0 Å².